The summed E-state index contributed by atoms with van der Waals surface area (Å²) in [5, 5.41) is 14.1. The van der Waals surface area contributed by atoms with E-state index >= 15 is 0 Å². The summed E-state index contributed by atoms with van der Waals surface area (Å²) in [5.41, 5.74) is 1.69. The Morgan fingerprint density at radius 1 is 1.25 bits per heavy atom. The number of hydrogen-bond donors (Lipinski definition) is 1. The maximum atomic E-state index is 12.9. The summed E-state index contributed by atoms with van der Waals surface area (Å²) in [6, 6.07) is 12.5. The van der Waals surface area contributed by atoms with Gasteiger partial charge >= 0.3 is 0 Å². The Hall–Kier alpha value is -2.43. The van der Waals surface area contributed by atoms with Crippen LogP contribution in [0.15, 0.2) is 48.5 Å². The monoisotopic (exact) mass is 274 g/mol. The van der Waals surface area contributed by atoms with Gasteiger partial charge < -0.3 is 5.32 Å². The molecule has 0 bridgehead atoms. The third-order valence-electron chi connectivity index (χ3n) is 3.08. The fourth-order valence-electron chi connectivity index (χ4n) is 2.02. The summed E-state index contributed by atoms with van der Waals surface area (Å²) in [7, 11) is 0. The summed E-state index contributed by atoms with van der Waals surface area (Å²) in [6.07, 6.45) is 0.762. The van der Waals surface area contributed by atoms with Gasteiger partial charge in [-0.3, -0.25) is 10.1 Å². The van der Waals surface area contributed by atoms with Gasteiger partial charge in [0, 0.05) is 17.8 Å². The van der Waals surface area contributed by atoms with Crippen molar-refractivity contribution in [3.63, 3.8) is 0 Å². The lowest BCUT2D eigenvalue weighted by Gasteiger charge is -2.18. The highest BCUT2D eigenvalue weighted by molar-refractivity contribution is 5.46. The van der Waals surface area contributed by atoms with Gasteiger partial charge in [0.25, 0.3) is 5.69 Å². The molecule has 0 heterocycles. The van der Waals surface area contributed by atoms with Crippen LogP contribution >= 0.6 is 0 Å². The molecule has 0 aliphatic heterocycles. The van der Waals surface area contributed by atoms with Crippen molar-refractivity contribution in [3.05, 3.63) is 70.0 Å². The summed E-state index contributed by atoms with van der Waals surface area (Å²) >= 11 is 0. The summed E-state index contributed by atoms with van der Waals surface area (Å²) in [6.45, 7) is 1.99. The average Bonchev–Trinajstić information content (AvgIpc) is 2.46. The standard InChI is InChI=1S/C15H15FN2O2/c1-2-15(17-13-8-6-12(16)7-9-13)11-4-3-5-14(10-11)18(19)20/h3-10,15,17H,2H2,1H3. The van der Waals surface area contributed by atoms with Crippen molar-refractivity contribution in [2.45, 2.75) is 19.4 Å². The number of nitro benzene ring substituents is 1. The van der Waals surface area contributed by atoms with E-state index in [0.717, 1.165) is 17.7 Å². The predicted octanol–water partition coefficient (Wildman–Crippen LogP) is 4.30. The van der Waals surface area contributed by atoms with Gasteiger partial charge in [-0.1, -0.05) is 19.1 Å². The highest BCUT2D eigenvalue weighted by Crippen LogP contribution is 2.25. The van der Waals surface area contributed by atoms with E-state index < -0.39 is 4.92 Å². The fraction of sp³-hybridized carbons (Fsp3) is 0.200. The molecule has 1 unspecified atom stereocenters. The predicted molar refractivity (Wildman–Crippen MR) is 76.2 cm³/mol. The lowest BCUT2D eigenvalue weighted by molar-refractivity contribution is -0.384. The minimum Gasteiger partial charge on any atom is -0.378 e. The smallest absolute Gasteiger partial charge is 0.269 e. The zero-order chi connectivity index (χ0) is 14.5. The summed E-state index contributed by atoms with van der Waals surface area (Å²) in [4.78, 5) is 10.4. The third kappa shape index (κ3) is 3.32. The number of hydrogen-bond acceptors (Lipinski definition) is 3. The van der Waals surface area contributed by atoms with Crippen LogP contribution in [0.25, 0.3) is 0 Å². The van der Waals surface area contributed by atoms with Gasteiger partial charge in [-0.2, -0.15) is 0 Å². The number of non-ortho nitro benzene ring substituents is 1. The van der Waals surface area contributed by atoms with Gasteiger partial charge in [-0.25, -0.2) is 4.39 Å². The molecule has 20 heavy (non-hydrogen) atoms. The Morgan fingerprint density at radius 3 is 2.55 bits per heavy atom. The Kier molecular flexibility index (Phi) is 4.30. The van der Waals surface area contributed by atoms with E-state index in [2.05, 4.69) is 5.32 Å². The summed E-state index contributed by atoms with van der Waals surface area (Å²) < 4.78 is 12.9. The number of nitrogens with zero attached hydrogens (tertiary/aromatic N) is 1. The highest BCUT2D eigenvalue weighted by atomic mass is 19.1. The molecule has 4 nitrogen and oxygen atoms in total. The van der Waals surface area contributed by atoms with E-state index in [1.54, 1.807) is 24.3 Å². The first-order chi connectivity index (χ1) is 9.60. The van der Waals surface area contributed by atoms with Crippen LogP contribution < -0.4 is 5.32 Å². The molecule has 1 N–H and O–H groups in total. The lowest BCUT2D eigenvalue weighted by atomic mass is 10.0. The number of nitro groups is 1. The molecule has 0 aromatic heterocycles. The molecule has 2 aromatic carbocycles. The summed E-state index contributed by atoms with van der Waals surface area (Å²) in [5.74, 6) is -0.293. The first-order valence-electron chi connectivity index (χ1n) is 6.36. The van der Waals surface area contributed by atoms with E-state index in [-0.39, 0.29) is 17.5 Å². The quantitative estimate of drug-likeness (QED) is 0.653. The molecule has 0 spiro atoms. The zero-order valence-corrected chi connectivity index (χ0v) is 11.0. The maximum Gasteiger partial charge on any atom is 0.269 e. The third-order valence-corrected chi connectivity index (χ3v) is 3.08. The van der Waals surface area contributed by atoms with Crippen LogP contribution in [0.2, 0.25) is 0 Å². The Morgan fingerprint density at radius 2 is 1.95 bits per heavy atom. The Labute approximate surface area is 116 Å². The van der Waals surface area contributed by atoms with E-state index in [9.17, 15) is 14.5 Å². The van der Waals surface area contributed by atoms with Crippen LogP contribution in [0.3, 0.4) is 0 Å². The molecule has 0 amide bonds. The topological polar surface area (TPSA) is 55.2 Å². The van der Waals surface area contributed by atoms with E-state index in [0.29, 0.717) is 0 Å². The molecule has 0 saturated carbocycles. The van der Waals surface area contributed by atoms with Crippen molar-refractivity contribution in [1.82, 2.24) is 0 Å². The minimum absolute atomic E-state index is 0.0552. The van der Waals surface area contributed by atoms with Crippen LogP contribution in [0.4, 0.5) is 15.8 Å². The molecule has 0 aliphatic rings. The lowest BCUT2D eigenvalue weighted by Crippen LogP contribution is -2.09. The second-order valence-electron chi connectivity index (χ2n) is 4.46. The number of benzene rings is 2. The molecule has 1 atom stereocenters. The van der Waals surface area contributed by atoms with Crippen molar-refractivity contribution in [3.8, 4) is 0 Å². The van der Waals surface area contributed by atoms with E-state index in [1.807, 2.05) is 13.0 Å². The van der Waals surface area contributed by atoms with E-state index in [4.69, 9.17) is 0 Å². The fourth-order valence-corrected chi connectivity index (χ4v) is 2.02. The van der Waals surface area contributed by atoms with Crippen LogP contribution in [-0.2, 0) is 0 Å². The van der Waals surface area contributed by atoms with Gasteiger partial charge in [0.1, 0.15) is 5.82 Å². The minimum atomic E-state index is -0.409. The normalized spacial score (nSPS) is 11.9. The Balaban J connectivity index is 2.21. The van der Waals surface area contributed by atoms with E-state index in [1.165, 1.54) is 18.2 Å². The first-order valence-corrected chi connectivity index (χ1v) is 6.36. The molecule has 2 rings (SSSR count). The van der Waals surface area contributed by atoms with Crippen molar-refractivity contribution in [2.75, 3.05) is 5.32 Å². The van der Waals surface area contributed by atoms with Gasteiger partial charge in [0.15, 0.2) is 0 Å². The molecule has 104 valence electrons. The van der Waals surface area contributed by atoms with Crippen LogP contribution in [0.5, 0.6) is 0 Å². The molecule has 2 aromatic rings. The van der Waals surface area contributed by atoms with Crippen molar-refractivity contribution in [2.24, 2.45) is 0 Å². The molecule has 0 aliphatic carbocycles. The zero-order valence-electron chi connectivity index (χ0n) is 11.0. The molecule has 5 heteroatoms. The largest absolute Gasteiger partial charge is 0.378 e. The van der Waals surface area contributed by atoms with Gasteiger partial charge in [0.2, 0.25) is 0 Å². The average molecular weight is 274 g/mol. The van der Waals surface area contributed by atoms with Crippen LogP contribution in [-0.4, -0.2) is 4.92 Å². The molecule has 0 fully saturated rings. The number of nitrogens with one attached hydrogen (secondary N) is 1. The van der Waals surface area contributed by atoms with Gasteiger partial charge in [-0.05, 0) is 36.2 Å². The molecular weight excluding hydrogens is 259 g/mol. The molecule has 0 radical (unpaired) electrons. The number of halogens is 1. The number of rotatable bonds is 5. The van der Waals surface area contributed by atoms with Gasteiger partial charge in [0.05, 0.1) is 11.0 Å². The number of anilines is 1. The SMILES string of the molecule is CCC(Nc1ccc(F)cc1)c1cccc([N+](=O)[O-])c1. The van der Waals surface area contributed by atoms with Crippen molar-refractivity contribution < 1.29 is 9.31 Å². The van der Waals surface area contributed by atoms with Gasteiger partial charge in [-0.15, -0.1) is 0 Å². The molecular formula is C15H15FN2O2. The Bertz CT molecular complexity index is 599. The van der Waals surface area contributed by atoms with Crippen LogP contribution in [0.1, 0.15) is 24.9 Å². The van der Waals surface area contributed by atoms with Crippen molar-refractivity contribution in [1.29, 1.82) is 0 Å². The maximum absolute atomic E-state index is 12.9. The first kappa shape index (κ1) is 14.0. The highest BCUT2D eigenvalue weighted by Gasteiger charge is 2.13. The second kappa shape index (κ2) is 6.14. The second-order valence-corrected chi connectivity index (χ2v) is 4.46. The molecule has 0 saturated heterocycles. The van der Waals surface area contributed by atoms with Crippen LogP contribution in [0, 0.1) is 15.9 Å². The van der Waals surface area contributed by atoms with Crippen molar-refractivity contribution >= 4 is 11.4 Å².